The number of rotatable bonds is 7. The molecule has 0 radical (unpaired) electrons. The number of halogens is 1. The summed E-state index contributed by atoms with van der Waals surface area (Å²) in [5.74, 6) is 0.932. The van der Waals surface area contributed by atoms with Gasteiger partial charge in [0.15, 0.2) is 0 Å². The number of likely N-dealkylation sites (N-methyl/N-ethyl adjacent to an activating group) is 1. The Hall–Kier alpha value is -3.26. The summed E-state index contributed by atoms with van der Waals surface area (Å²) in [6.07, 6.45) is 2.09. The molecule has 1 aliphatic rings. The number of fused-ring (bicyclic) bond motifs is 1. The maximum absolute atomic E-state index is 13.5. The highest BCUT2D eigenvalue weighted by Gasteiger charge is 2.21. The Labute approximate surface area is 203 Å². The number of nitriles is 1. The fourth-order valence-corrected chi connectivity index (χ4v) is 4.45. The van der Waals surface area contributed by atoms with Gasteiger partial charge in [0.05, 0.1) is 22.0 Å². The summed E-state index contributed by atoms with van der Waals surface area (Å²) >= 11 is 6.37. The number of hydrogen-bond acceptors (Lipinski definition) is 9. The molecule has 0 spiro atoms. The molecule has 1 fully saturated rings. The quantitative estimate of drug-likeness (QED) is 0.521. The van der Waals surface area contributed by atoms with Gasteiger partial charge in [-0.1, -0.05) is 17.7 Å². The van der Waals surface area contributed by atoms with E-state index in [1.54, 1.807) is 22.8 Å². The van der Waals surface area contributed by atoms with Crippen LogP contribution in [0.15, 0.2) is 29.3 Å². The van der Waals surface area contributed by atoms with E-state index < -0.39 is 6.04 Å². The van der Waals surface area contributed by atoms with E-state index in [0.717, 1.165) is 39.1 Å². The van der Waals surface area contributed by atoms with Crippen molar-refractivity contribution in [3.05, 3.63) is 51.3 Å². The number of nitrogens with two attached hydrogens (primary N) is 1. The smallest absolute Gasteiger partial charge is 0.262 e. The average Bonchev–Trinajstić information content (AvgIpc) is 2.81. The summed E-state index contributed by atoms with van der Waals surface area (Å²) in [4.78, 5) is 31.1. The van der Waals surface area contributed by atoms with Crippen LogP contribution >= 0.6 is 11.6 Å². The number of aromatic nitrogens is 4. The molecule has 0 amide bonds. The van der Waals surface area contributed by atoms with Crippen molar-refractivity contribution in [1.29, 1.82) is 5.26 Å². The minimum atomic E-state index is -0.430. The number of nitrogens with zero attached hydrogens (tertiary/aromatic N) is 7. The highest BCUT2D eigenvalue weighted by atomic mass is 35.5. The predicted octanol–water partition coefficient (Wildman–Crippen LogP) is 2.10. The molecule has 4 rings (SSSR count). The van der Waals surface area contributed by atoms with E-state index in [0.29, 0.717) is 34.1 Å². The Morgan fingerprint density at radius 3 is 2.74 bits per heavy atom. The van der Waals surface area contributed by atoms with Gasteiger partial charge in [-0.3, -0.25) is 9.36 Å². The lowest BCUT2D eigenvalue weighted by atomic mass is 10.2. The van der Waals surface area contributed by atoms with Crippen LogP contribution in [0, 0.1) is 11.3 Å². The van der Waals surface area contributed by atoms with Gasteiger partial charge in [-0.25, -0.2) is 15.0 Å². The van der Waals surface area contributed by atoms with Gasteiger partial charge < -0.3 is 20.9 Å². The Balaban J connectivity index is 1.65. The molecule has 10 nitrogen and oxygen atoms in total. The Kier molecular flexibility index (Phi) is 7.26. The summed E-state index contributed by atoms with van der Waals surface area (Å²) in [5.41, 5.74) is 6.33. The van der Waals surface area contributed by atoms with E-state index >= 15 is 0 Å². The molecule has 178 valence electrons. The molecular formula is C23H28ClN9O. The third kappa shape index (κ3) is 4.97. The lowest BCUT2D eigenvalue weighted by molar-refractivity contribution is 0.151. The highest BCUT2D eigenvalue weighted by molar-refractivity contribution is 6.35. The van der Waals surface area contributed by atoms with Gasteiger partial charge in [-0.05, 0) is 39.1 Å². The van der Waals surface area contributed by atoms with Crippen molar-refractivity contribution >= 4 is 34.1 Å². The number of nitrogen functional groups attached to an aromatic ring is 1. The second kappa shape index (κ2) is 10.3. The van der Waals surface area contributed by atoms with Crippen LogP contribution in [0.2, 0.25) is 5.02 Å². The van der Waals surface area contributed by atoms with Gasteiger partial charge >= 0.3 is 0 Å². The van der Waals surface area contributed by atoms with Crippen LogP contribution in [0.4, 0.5) is 11.6 Å². The minimum absolute atomic E-state index is 0.0926. The molecule has 0 saturated carbocycles. The summed E-state index contributed by atoms with van der Waals surface area (Å²) < 4.78 is 1.68. The molecule has 0 bridgehead atoms. The highest BCUT2D eigenvalue weighted by Crippen LogP contribution is 2.24. The lowest BCUT2D eigenvalue weighted by Crippen LogP contribution is -2.45. The Morgan fingerprint density at radius 2 is 2.00 bits per heavy atom. The normalized spacial score (nSPS) is 15.8. The fraction of sp³-hybridized carbons (Fsp3) is 0.435. The van der Waals surface area contributed by atoms with Gasteiger partial charge in [0.1, 0.15) is 35.4 Å². The second-order valence-electron chi connectivity index (χ2n) is 8.52. The molecule has 1 aromatic carbocycles. The van der Waals surface area contributed by atoms with Crippen LogP contribution in [0.5, 0.6) is 0 Å². The van der Waals surface area contributed by atoms with E-state index in [9.17, 15) is 10.1 Å². The molecule has 2 aromatic heterocycles. The topological polar surface area (TPSA) is 129 Å². The number of anilines is 2. The number of piperazine rings is 1. The van der Waals surface area contributed by atoms with Crippen LogP contribution < -0.4 is 16.6 Å². The zero-order valence-electron chi connectivity index (χ0n) is 19.3. The molecular weight excluding hydrogens is 454 g/mol. The van der Waals surface area contributed by atoms with E-state index in [1.807, 2.05) is 13.0 Å². The zero-order valence-corrected chi connectivity index (χ0v) is 20.1. The van der Waals surface area contributed by atoms with Crippen molar-refractivity contribution in [1.82, 2.24) is 29.3 Å². The number of benzene rings is 1. The van der Waals surface area contributed by atoms with Gasteiger partial charge in [0.2, 0.25) is 0 Å². The van der Waals surface area contributed by atoms with E-state index in [4.69, 9.17) is 22.3 Å². The van der Waals surface area contributed by atoms with Crippen molar-refractivity contribution in [2.45, 2.75) is 25.9 Å². The van der Waals surface area contributed by atoms with Crippen molar-refractivity contribution in [3.63, 3.8) is 0 Å². The summed E-state index contributed by atoms with van der Waals surface area (Å²) in [5, 5.41) is 13.4. The van der Waals surface area contributed by atoms with Crippen molar-refractivity contribution < 1.29 is 0 Å². The molecule has 34 heavy (non-hydrogen) atoms. The standard InChI is InChI=1S/C23H28ClN9O/c1-15(29-21-16(13-25)20(26)27-14-28-21)22-30-18-6-3-5-17(24)19(18)23(34)33(22)8-4-7-32-11-9-31(2)10-12-32/h3,5-6,14-15H,4,7-12H2,1-2H3,(H3,26,27,28,29)/t15-/m0/s1. The van der Waals surface area contributed by atoms with Crippen LogP contribution in [0.1, 0.15) is 30.8 Å². The van der Waals surface area contributed by atoms with Crippen LogP contribution in [-0.4, -0.2) is 69.1 Å². The average molecular weight is 482 g/mol. The van der Waals surface area contributed by atoms with E-state index in [1.165, 1.54) is 6.33 Å². The molecule has 3 aromatic rings. The lowest BCUT2D eigenvalue weighted by Gasteiger charge is -2.32. The summed E-state index contributed by atoms with van der Waals surface area (Å²) in [7, 11) is 2.13. The first kappa shape index (κ1) is 23.9. The first-order valence-electron chi connectivity index (χ1n) is 11.3. The first-order chi connectivity index (χ1) is 16.4. The van der Waals surface area contributed by atoms with Gasteiger partial charge in [0.25, 0.3) is 5.56 Å². The van der Waals surface area contributed by atoms with Crippen LogP contribution in [0.3, 0.4) is 0 Å². The first-order valence-corrected chi connectivity index (χ1v) is 11.6. The third-order valence-electron chi connectivity index (χ3n) is 6.14. The Morgan fingerprint density at radius 1 is 1.24 bits per heavy atom. The molecule has 1 saturated heterocycles. The van der Waals surface area contributed by atoms with Gasteiger partial charge in [-0.2, -0.15) is 5.26 Å². The van der Waals surface area contributed by atoms with Crippen LogP contribution in [-0.2, 0) is 6.54 Å². The summed E-state index contributed by atoms with van der Waals surface area (Å²) in [6.45, 7) is 7.38. The molecule has 0 unspecified atom stereocenters. The van der Waals surface area contributed by atoms with Gasteiger partial charge in [-0.15, -0.1) is 0 Å². The molecule has 0 aliphatic carbocycles. The zero-order chi connectivity index (χ0) is 24.2. The number of nitrogens with one attached hydrogen (secondary N) is 1. The fourth-order valence-electron chi connectivity index (χ4n) is 4.20. The van der Waals surface area contributed by atoms with Crippen LogP contribution in [0.25, 0.3) is 10.9 Å². The Bertz CT molecular complexity index is 1280. The number of hydrogen-bond donors (Lipinski definition) is 2. The van der Waals surface area contributed by atoms with Crippen molar-refractivity contribution in [2.75, 3.05) is 50.8 Å². The molecule has 1 aliphatic heterocycles. The molecule has 1 atom stereocenters. The monoisotopic (exact) mass is 481 g/mol. The minimum Gasteiger partial charge on any atom is -0.382 e. The maximum atomic E-state index is 13.5. The van der Waals surface area contributed by atoms with Crippen molar-refractivity contribution in [3.8, 4) is 6.07 Å². The molecule has 3 N–H and O–H groups in total. The predicted molar refractivity (Wildman–Crippen MR) is 133 cm³/mol. The summed E-state index contributed by atoms with van der Waals surface area (Å²) in [6, 6.07) is 6.85. The largest absolute Gasteiger partial charge is 0.382 e. The maximum Gasteiger partial charge on any atom is 0.262 e. The SMILES string of the molecule is C[C@H](Nc1ncnc(N)c1C#N)c1nc2cccc(Cl)c2c(=O)n1CCCN1CCN(C)CC1. The second-order valence-corrected chi connectivity index (χ2v) is 8.93. The van der Waals surface area contributed by atoms with E-state index in [2.05, 4.69) is 32.1 Å². The molecule has 11 heteroatoms. The third-order valence-corrected chi connectivity index (χ3v) is 6.46. The van der Waals surface area contributed by atoms with Gasteiger partial charge in [0, 0.05) is 32.7 Å². The van der Waals surface area contributed by atoms with Crippen molar-refractivity contribution in [2.24, 2.45) is 0 Å². The molecule has 3 heterocycles. The van der Waals surface area contributed by atoms with E-state index in [-0.39, 0.29) is 16.9 Å².